The van der Waals surface area contributed by atoms with Crippen LogP contribution in [-0.2, 0) is 17.1 Å². The van der Waals surface area contributed by atoms with E-state index in [9.17, 15) is 13.6 Å². The number of nitrogens with one attached hydrogen (secondary N) is 2. The number of alkyl halides is 2. The lowest BCUT2D eigenvalue weighted by Crippen LogP contribution is -2.30. The highest BCUT2D eigenvalue weighted by Gasteiger charge is 2.25. The Bertz CT molecular complexity index is 550. The molecule has 128 valence electrons. The van der Waals surface area contributed by atoms with Crippen molar-refractivity contribution >= 4 is 11.5 Å². The average Bonchev–Trinajstić information content (AvgIpc) is 2.51. The molecule has 5 heteroatoms. The first kappa shape index (κ1) is 19.3. The second-order valence-corrected chi connectivity index (χ2v) is 5.67. The molecule has 23 heavy (non-hydrogen) atoms. The van der Waals surface area contributed by atoms with Gasteiger partial charge in [-0.15, -0.1) is 0 Å². The minimum absolute atomic E-state index is 0.0238. The number of amides is 1. The Hall–Kier alpha value is -1.75. The summed E-state index contributed by atoms with van der Waals surface area (Å²) in [6.45, 7) is 8.07. The molecule has 0 aliphatic rings. The third-order valence-electron chi connectivity index (χ3n) is 3.74. The zero-order valence-electron chi connectivity index (χ0n) is 14.1. The van der Waals surface area contributed by atoms with E-state index in [1.807, 2.05) is 14.0 Å². The van der Waals surface area contributed by atoms with Crippen molar-refractivity contribution < 1.29 is 13.6 Å². The summed E-state index contributed by atoms with van der Waals surface area (Å²) in [5, 5.41) is 5.76. The zero-order chi connectivity index (χ0) is 17.5. The molecule has 0 radical (unpaired) electrons. The smallest absolute Gasteiger partial charge is 0.270 e. The number of rotatable bonds is 9. The summed E-state index contributed by atoms with van der Waals surface area (Å²) in [6, 6.07) is 4.62. The van der Waals surface area contributed by atoms with Gasteiger partial charge >= 0.3 is 0 Å². The normalized spacial score (nSPS) is 11.3. The zero-order valence-corrected chi connectivity index (χ0v) is 14.1. The number of aryl methyl sites for hydroxylation is 1. The van der Waals surface area contributed by atoms with Crippen LogP contribution in [0.4, 0.5) is 8.78 Å². The summed E-state index contributed by atoms with van der Waals surface area (Å²) in [5.41, 5.74) is 2.40. The van der Waals surface area contributed by atoms with Gasteiger partial charge in [-0.25, -0.2) is 8.78 Å². The molecule has 0 saturated carbocycles. The van der Waals surface area contributed by atoms with Crippen LogP contribution in [0.3, 0.4) is 0 Å². The number of halogens is 2. The van der Waals surface area contributed by atoms with Crippen LogP contribution in [0.15, 0.2) is 24.8 Å². The Morgan fingerprint density at radius 3 is 2.57 bits per heavy atom. The largest absolute Gasteiger partial charge is 0.355 e. The van der Waals surface area contributed by atoms with E-state index in [4.69, 9.17) is 0 Å². The number of hydrogen-bond donors (Lipinski definition) is 2. The first-order valence-electron chi connectivity index (χ1n) is 7.90. The Kier molecular flexibility index (Phi) is 7.36. The van der Waals surface area contributed by atoms with E-state index in [0.717, 1.165) is 23.6 Å². The number of carbonyl (C=O) groups is 1. The monoisotopic (exact) mass is 324 g/mol. The van der Waals surface area contributed by atoms with E-state index in [1.165, 1.54) is 12.1 Å². The third-order valence-corrected chi connectivity index (χ3v) is 3.74. The highest BCUT2D eigenvalue weighted by molar-refractivity contribution is 5.76. The Morgan fingerprint density at radius 1 is 1.30 bits per heavy atom. The van der Waals surface area contributed by atoms with E-state index >= 15 is 0 Å². The molecule has 0 spiro atoms. The summed E-state index contributed by atoms with van der Waals surface area (Å²) in [4.78, 5) is 11.8. The number of hydrogen-bond acceptors (Lipinski definition) is 2. The lowest BCUT2D eigenvalue weighted by atomic mass is 9.92. The molecule has 1 rings (SSSR count). The highest BCUT2D eigenvalue weighted by Crippen LogP contribution is 2.31. The summed E-state index contributed by atoms with van der Waals surface area (Å²) in [5.74, 6) is -2.93. The molecule has 0 aliphatic heterocycles. The molecule has 0 aliphatic carbocycles. The maximum absolute atomic E-state index is 13.5. The fourth-order valence-corrected chi connectivity index (χ4v) is 2.25. The van der Waals surface area contributed by atoms with Gasteiger partial charge < -0.3 is 10.6 Å². The molecular formula is C18H26F2N2O. The van der Waals surface area contributed by atoms with Gasteiger partial charge in [-0.3, -0.25) is 4.79 Å². The van der Waals surface area contributed by atoms with E-state index in [1.54, 1.807) is 6.07 Å². The molecule has 0 saturated heterocycles. The number of allylic oxidation sites excluding steroid dienone is 1. The van der Waals surface area contributed by atoms with Crippen molar-refractivity contribution in [3.05, 3.63) is 41.5 Å². The van der Waals surface area contributed by atoms with Crippen LogP contribution in [0.25, 0.3) is 5.57 Å². The van der Waals surface area contributed by atoms with Gasteiger partial charge in [-0.05, 0) is 42.7 Å². The van der Waals surface area contributed by atoms with Crippen molar-refractivity contribution in [2.75, 3.05) is 20.1 Å². The van der Waals surface area contributed by atoms with Crippen LogP contribution in [-0.4, -0.2) is 26.0 Å². The molecule has 1 aromatic carbocycles. The molecule has 3 nitrogen and oxygen atoms in total. The first-order valence-corrected chi connectivity index (χ1v) is 7.90. The van der Waals surface area contributed by atoms with Crippen molar-refractivity contribution in [2.45, 2.75) is 39.0 Å². The molecule has 0 fully saturated rings. The molecule has 1 amide bonds. The molecular weight excluding hydrogens is 298 g/mol. The molecule has 2 N–H and O–H groups in total. The van der Waals surface area contributed by atoms with Gasteiger partial charge in [-0.2, -0.15) is 0 Å². The second kappa shape index (κ2) is 8.77. The van der Waals surface area contributed by atoms with Crippen molar-refractivity contribution in [3.8, 4) is 0 Å². The minimum Gasteiger partial charge on any atom is -0.355 e. The first-order chi connectivity index (χ1) is 10.8. The quantitative estimate of drug-likeness (QED) is 0.683. The van der Waals surface area contributed by atoms with Gasteiger partial charge in [0.25, 0.3) is 5.92 Å². The van der Waals surface area contributed by atoms with E-state index < -0.39 is 5.92 Å². The van der Waals surface area contributed by atoms with Gasteiger partial charge in [0.1, 0.15) is 0 Å². The third kappa shape index (κ3) is 6.10. The fraction of sp³-hybridized carbons (Fsp3) is 0.500. The maximum atomic E-state index is 13.5. The second-order valence-electron chi connectivity index (χ2n) is 5.67. The van der Waals surface area contributed by atoms with Crippen LogP contribution in [0.1, 0.15) is 43.4 Å². The van der Waals surface area contributed by atoms with Gasteiger partial charge in [0.15, 0.2) is 0 Å². The van der Waals surface area contributed by atoms with Gasteiger partial charge in [0, 0.05) is 32.0 Å². The number of likely N-dealkylation sites (N-methyl/N-ethyl adjacent to an activating group) is 1. The molecule has 0 bridgehead atoms. The van der Waals surface area contributed by atoms with E-state index in [0.29, 0.717) is 32.4 Å². The highest BCUT2D eigenvalue weighted by atomic mass is 19.3. The van der Waals surface area contributed by atoms with Crippen molar-refractivity contribution in [1.29, 1.82) is 0 Å². The Labute approximate surface area is 137 Å². The van der Waals surface area contributed by atoms with Crippen molar-refractivity contribution in [1.82, 2.24) is 10.6 Å². The summed E-state index contributed by atoms with van der Waals surface area (Å²) < 4.78 is 27.0. The van der Waals surface area contributed by atoms with Gasteiger partial charge in [0.05, 0.1) is 0 Å². The van der Waals surface area contributed by atoms with E-state index in [-0.39, 0.29) is 11.5 Å². The molecule has 0 aromatic heterocycles. The summed E-state index contributed by atoms with van der Waals surface area (Å²) in [7, 11) is 1.82. The fourth-order valence-electron chi connectivity index (χ4n) is 2.25. The number of carbonyl (C=O) groups excluding carboxylic acids is 1. The van der Waals surface area contributed by atoms with Gasteiger partial charge in [-0.1, -0.05) is 25.6 Å². The van der Waals surface area contributed by atoms with E-state index in [2.05, 4.69) is 17.2 Å². The predicted octanol–water partition coefficient (Wildman–Crippen LogP) is 3.49. The number of benzene rings is 1. The van der Waals surface area contributed by atoms with Crippen LogP contribution >= 0.6 is 0 Å². The molecule has 0 atom stereocenters. The van der Waals surface area contributed by atoms with Crippen LogP contribution in [0.5, 0.6) is 0 Å². The van der Waals surface area contributed by atoms with Crippen LogP contribution in [0.2, 0.25) is 0 Å². The average molecular weight is 324 g/mol. The summed E-state index contributed by atoms with van der Waals surface area (Å²) in [6.07, 6.45) is 1.52. The molecule has 0 heterocycles. The minimum atomic E-state index is -2.88. The topological polar surface area (TPSA) is 41.1 Å². The standard InChI is InChI=1S/C18H26F2N2O/c1-5-13(2)16-12-15(18(3,19)20)8-6-14(16)7-9-17(23)22-11-10-21-4/h6,8,12,21H,2,5,7,9-11H2,1,3-4H3,(H,22,23). The lowest BCUT2D eigenvalue weighted by Gasteiger charge is -2.16. The predicted molar refractivity (Wildman–Crippen MR) is 90.6 cm³/mol. The lowest BCUT2D eigenvalue weighted by molar-refractivity contribution is -0.121. The summed E-state index contributed by atoms with van der Waals surface area (Å²) >= 11 is 0. The van der Waals surface area contributed by atoms with Crippen molar-refractivity contribution in [2.24, 2.45) is 0 Å². The maximum Gasteiger partial charge on any atom is 0.270 e. The van der Waals surface area contributed by atoms with Crippen LogP contribution in [0, 0.1) is 0 Å². The van der Waals surface area contributed by atoms with Gasteiger partial charge in [0.2, 0.25) is 5.91 Å². The van der Waals surface area contributed by atoms with Crippen molar-refractivity contribution in [3.63, 3.8) is 0 Å². The van der Waals surface area contributed by atoms with Crippen LogP contribution < -0.4 is 10.6 Å². The Morgan fingerprint density at radius 2 is 2.00 bits per heavy atom. The molecule has 1 aromatic rings. The SMILES string of the molecule is C=C(CC)c1cc(C(C)(F)F)ccc1CCC(=O)NCCNC. The molecule has 0 unspecified atom stereocenters. The Balaban J connectivity index is 2.85.